The van der Waals surface area contributed by atoms with Crippen LogP contribution in [0, 0.1) is 5.82 Å². The van der Waals surface area contributed by atoms with Gasteiger partial charge in [-0.15, -0.1) is 0 Å². The van der Waals surface area contributed by atoms with E-state index in [0.29, 0.717) is 12.2 Å². The Hall–Kier alpha value is -1.97. The highest BCUT2D eigenvalue weighted by Gasteiger charge is 2.45. The van der Waals surface area contributed by atoms with Gasteiger partial charge in [0.15, 0.2) is 6.17 Å². The highest BCUT2D eigenvalue weighted by atomic mass is 19.1. The van der Waals surface area contributed by atoms with E-state index in [1.54, 1.807) is 11.0 Å². The lowest BCUT2D eigenvalue weighted by atomic mass is 10.0. The van der Waals surface area contributed by atoms with Crippen molar-refractivity contribution in [3.8, 4) is 0 Å². The second-order valence-electron chi connectivity index (χ2n) is 6.32. The van der Waals surface area contributed by atoms with E-state index in [-0.39, 0.29) is 31.8 Å². The van der Waals surface area contributed by atoms with Gasteiger partial charge in [0.05, 0.1) is 31.1 Å². The largest absolute Gasteiger partial charge is 0.441 e. The first-order valence-electron chi connectivity index (χ1n) is 8.32. The number of piperidine rings is 1. The van der Waals surface area contributed by atoms with Crippen molar-refractivity contribution >= 4 is 17.5 Å². The third-order valence-electron chi connectivity index (χ3n) is 4.94. The Morgan fingerprint density at radius 2 is 2.08 bits per heavy atom. The predicted molar refractivity (Wildman–Crippen MR) is 89.6 cm³/mol. The fraction of sp³-hybridized carbons (Fsp3) is 0.588. The molecule has 1 aromatic carbocycles. The number of anilines is 2. The number of alkyl halides is 1. The molecule has 2 atom stereocenters. The molecule has 144 valence electrons. The molecule has 2 heterocycles. The van der Waals surface area contributed by atoms with Crippen LogP contribution in [0.3, 0.4) is 0 Å². The number of benzene rings is 1. The number of aliphatic hydroxyl groups excluding tert-OH is 1. The minimum Gasteiger partial charge on any atom is -0.441 e. The van der Waals surface area contributed by atoms with Crippen LogP contribution >= 0.6 is 0 Å². The van der Waals surface area contributed by atoms with Crippen LogP contribution in [0.1, 0.15) is 6.42 Å². The average Bonchev–Trinajstić information content (AvgIpc) is 3.03. The monoisotopic (exact) mass is 372 g/mol. The summed E-state index contributed by atoms with van der Waals surface area (Å²) in [5.41, 5.74) is 0.563. The summed E-state index contributed by atoms with van der Waals surface area (Å²) in [5, 5.41) is 9.08. The topological polar surface area (TPSA) is 71.5 Å². The molecule has 2 saturated heterocycles. The summed E-state index contributed by atoms with van der Waals surface area (Å²) in [6, 6.07) is 4.28. The van der Waals surface area contributed by atoms with Crippen LogP contribution in [0.25, 0.3) is 0 Å². The number of aliphatic hydroxyl groups is 1. The van der Waals surface area contributed by atoms with Crippen LogP contribution in [-0.2, 0) is 14.2 Å². The fourth-order valence-electron chi connectivity index (χ4n) is 3.38. The number of carbonyl (C=O) groups excluding carboxylic acids is 1. The molecule has 1 amide bonds. The molecule has 26 heavy (non-hydrogen) atoms. The van der Waals surface area contributed by atoms with Gasteiger partial charge in [0.25, 0.3) is 0 Å². The second kappa shape index (κ2) is 7.34. The Bertz CT molecular complexity index is 671. The SMILES string of the molecule is COC1(OC)CCN(c2ccc(N3C[C@H](CO)OC3=O)cc2F)CC1F. The van der Waals surface area contributed by atoms with E-state index < -0.39 is 30.0 Å². The third-order valence-corrected chi connectivity index (χ3v) is 4.94. The maximum atomic E-state index is 14.6. The van der Waals surface area contributed by atoms with Gasteiger partial charge in [-0.1, -0.05) is 0 Å². The number of amides is 1. The first-order valence-corrected chi connectivity index (χ1v) is 8.32. The van der Waals surface area contributed by atoms with Crippen molar-refractivity contribution in [3.63, 3.8) is 0 Å². The molecule has 1 unspecified atom stereocenters. The summed E-state index contributed by atoms with van der Waals surface area (Å²) >= 11 is 0. The smallest absolute Gasteiger partial charge is 0.414 e. The van der Waals surface area contributed by atoms with Gasteiger partial charge in [0.2, 0.25) is 5.79 Å². The van der Waals surface area contributed by atoms with Gasteiger partial charge >= 0.3 is 6.09 Å². The van der Waals surface area contributed by atoms with Crippen LogP contribution in [-0.4, -0.2) is 69.7 Å². The minimum atomic E-state index is -1.44. The Kier molecular flexibility index (Phi) is 5.31. The van der Waals surface area contributed by atoms with E-state index in [4.69, 9.17) is 19.3 Å². The quantitative estimate of drug-likeness (QED) is 0.793. The molecule has 7 nitrogen and oxygen atoms in total. The number of hydrogen-bond acceptors (Lipinski definition) is 6. The zero-order chi connectivity index (χ0) is 18.9. The Balaban J connectivity index is 1.76. The van der Waals surface area contributed by atoms with Crippen LogP contribution in [0.5, 0.6) is 0 Å². The van der Waals surface area contributed by atoms with Crippen molar-refractivity contribution in [1.29, 1.82) is 0 Å². The van der Waals surface area contributed by atoms with Crippen LogP contribution in [0.15, 0.2) is 18.2 Å². The Labute approximate surface area is 150 Å². The molecule has 0 radical (unpaired) electrons. The zero-order valence-electron chi connectivity index (χ0n) is 14.7. The van der Waals surface area contributed by atoms with E-state index in [1.807, 2.05) is 0 Å². The highest BCUT2D eigenvalue weighted by Crippen LogP contribution is 2.34. The van der Waals surface area contributed by atoms with Gasteiger partial charge < -0.3 is 24.2 Å². The molecule has 0 saturated carbocycles. The summed E-state index contributed by atoms with van der Waals surface area (Å²) < 4.78 is 44.5. The van der Waals surface area contributed by atoms with Crippen molar-refractivity contribution in [2.45, 2.75) is 24.5 Å². The van der Waals surface area contributed by atoms with Gasteiger partial charge in [-0.3, -0.25) is 4.90 Å². The minimum absolute atomic E-state index is 0.0731. The second-order valence-corrected chi connectivity index (χ2v) is 6.32. The van der Waals surface area contributed by atoms with Gasteiger partial charge in [-0.05, 0) is 18.2 Å². The molecule has 2 fully saturated rings. The fourth-order valence-corrected chi connectivity index (χ4v) is 3.38. The number of methoxy groups -OCH3 is 2. The number of nitrogens with zero attached hydrogens (tertiary/aromatic N) is 2. The molecular formula is C17H22F2N2O5. The molecular weight excluding hydrogens is 350 g/mol. The molecule has 0 spiro atoms. The number of ether oxygens (including phenoxy) is 3. The first kappa shape index (κ1) is 18.8. The van der Waals surface area contributed by atoms with Crippen molar-refractivity contribution in [2.75, 3.05) is 50.3 Å². The van der Waals surface area contributed by atoms with Gasteiger partial charge in [0, 0.05) is 27.2 Å². The van der Waals surface area contributed by atoms with Gasteiger partial charge in [-0.2, -0.15) is 0 Å². The molecule has 2 aliphatic rings. The van der Waals surface area contributed by atoms with Crippen molar-refractivity contribution in [3.05, 3.63) is 24.0 Å². The van der Waals surface area contributed by atoms with Crippen molar-refractivity contribution in [2.24, 2.45) is 0 Å². The summed E-state index contributed by atoms with van der Waals surface area (Å²) in [7, 11) is 2.77. The van der Waals surface area contributed by atoms with Crippen LogP contribution in [0.4, 0.5) is 25.0 Å². The number of hydrogen-bond donors (Lipinski definition) is 1. The number of rotatable bonds is 5. The summed E-state index contributed by atoms with van der Waals surface area (Å²) in [5.74, 6) is -1.89. The van der Waals surface area contributed by atoms with Gasteiger partial charge in [0.1, 0.15) is 11.9 Å². The lowest BCUT2D eigenvalue weighted by molar-refractivity contribution is -0.249. The van der Waals surface area contributed by atoms with E-state index in [9.17, 15) is 13.6 Å². The average molecular weight is 372 g/mol. The number of carbonyl (C=O) groups is 1. The number of cyclic esters (lactones) is 1. The first-order chi connectivity index (χ1) is 12.4. The summed E-state index contributed by atoms with van der Waals surface area (Å²) in [6.45, 7) is 0.136. The van der Waals surface area contributed by atoms with Crippen LogP contribution in [0.2, 0.25) is 0 Å². The summed E-state index contributed by atoms with van der Waals surface area (Å²) in [6.07, 6.45) is -2.46. The standard InChI is InChI=1S/C17H22F2N2O5/c1-24-17(25-2)5-6-20(9-15(17)19)14-4-3-11(7-13(14)18)21-8-12(10-22)26-16(21)23/h3-4,7,12,15,22H,5-6,8-10H2,1-2H3/t12-,15?/m1/s1. The maximum Gasteiger partial charge on any atom is 0.414 e. The molecule has 1 aromatic rings. The molecule has 3 rings (SSSR count). The molecule has 2 aliphatic heterocycles. The molecule has 0 aromatic heterocycles. The van der Waals surface area contributed by atoms with E-state index >= 15 is 0 Å². The van der Waals surface area contributed by atoms with Crippen molar-refractivity contribution < 1.29 is 32.9 Å². The number of halogens is 2. The molecule has 9 heteroatoms. The maximum absolute atomic E-state index is 14.6. The normalized spacial score (nSPS) is 25.5. The lowest BCUT2D eigenvalue weighted by Crippen LogP contribution is -2.56. The third kappa shape index (κ3) is 3.22. The van der Waals surface area contributed by atoms with Gasteiger partial charge in [-0.25, -0.2) is 13.6 Å². The van der Waals surface area contributed by atoms with E-state index in [2.05, 4.69) is 0 Å². The van der Waals surface area contributed by atoms with Crippen LogP contribution < -0.4 is 9.80 Å². The summed E-state index contributed by atoms with van der Waals surface area (Å²) in [4.78, 5) is 14.6. The van der Waals surface area contributed by atoms with Crippen molar-refractivity contribution in [1.82, 2.24) is 0 Å². The predicted octanol–water partition coefficient (Wildman–Crippen LogP) is 1.68. The molecule has 0 aliphatic carbocycles. The highest BCUT2D eigenvalue weighted by molar-refractivity contribution is 5.90. The van der Waals surface area contributed by atoms with E-state index in [0.717, 1.165) is 0 Å². The van der Waals surface area contributed by atoms with E-state index in [1.165, 1.54) is 31.3 Å². The zero-order valence-corrected chi connectivity index (χ0v) is 14.7. The Morgan fingerprint density at radius 1 is 1.35 bits per heavy atom. The lowest BCUT2D eigenvalue weighted by Gasteiger charge is -2.43. The Morgan fingerprint density at radius 3 is 2.62 bits per heavy atom. The molecule has 0 bridgehead atoms. The molecule has 1 N–H and O–H groups in total.